The van der Waals surface area contributed by atoms with Crippen molar-refractivity contribution in [2.24, 2.45) is 0 Å². The first-order valence-electron chi connectivity index (χ1n) is 10.5. The minimum atomic E-state index is -0.687. The summed E-state index contributed by atoms with van der Waals surface area (Å²) in [6, 6.07) is 11.9. The highest BCUT2D eigenvalue weighted by Gasteiger charge is 2.45. The van der Waals surface area contributed by atoms with Crippen LogP contribution in [0.4, 0.5) is 0 Å². The van der Waals surface area contributed by atoms with Gasteiger partial charge in [-0.1, -0.05) is 29.8 Å². The van der Waals surface area contributed by atoms with Gasteiger partial charge in [-0.2, -0.15) is 0 Å². The maximum atomic E-state index is 13.1. The molecule has 0 bridgehead atoms. The van der Waals surface area contributed by atoms with Crippen LogP contribution in [0.5, 0.6) is 11.5 Å². The van der Waals surface area contributed by atoms with E-state index in [2.05, 4.69) is 0 Å². The van der Waals surface area contributed by atoms with Crippen molar-refractivity contribution in [1.29, 1.82) is 0 Å². The van der Waals surface area contributed by atoms with Crippen LogP contribution in [0.15, 0.2) is 48.0 Å². The van der Waals surface area contributed by atoms with Gasteiger partial charge in [-0.15, -0.1) is 0 Å². The van der Waals surface area contributed by atoms with E-state index in [0.717, 1.165) is 17.7 Å². The number of ketones is 1. The molecule has 2 aromatic carbocycles. The van der Waals surface area contributed by atoms with Gasteiger partial charge in [0.1, 0.15) is 5.76 Å². The Balaban J connectivity index is 2.11. The van der Waals surface area contributed by atoms with E-state index in [1.54, 1.807) is 23.1 Å². The molecule has 0 aromatic heterocycles. The second kappa shape index (κ2) is 9.87. The number of aliphatic hydroxyl groups excluding tert-OH is 1. The fourth-order valence-electron chi connectivity index (χ4n) is 3.90. The first-order chi connectivity index (χ1) is 15.3. The van der Waals surface area contributed by atoms with Crippen molar-refractivity contribution in [3.8, 4) is 11.5 Å². The third-order valence-corrected chi connectivity index (χ3v) is 5.59. The van der Waals surface area contributed by atoms with E-state index < -0.39 is 17.7 Å². The summed E-state index contributed by atoms with van der Waals surface area (Å²) in [4.78, 5) is 29.6. The summed E-state index contributed by atoms with van der Waals surface area (Å²) in [5.74, 6) is -0.596. The number of amides is 1. The van der Waals surface area contributed by atoms with Gasteiger partial charge >= 0.3 is 0 Å². The van der Waals surface area contributed by atoms with Crippen LogP contribution in [-0.2, 0) is 9.59 Å². The number of carbonyl (C=O) groups is 2. The number of carbonyl (C=O) groups excluding carboxylic acids is 2. The van der Waals surface area contributed by atoms with Crippen LogP contribution < -0.4 is 9.47 Å². The number of ether oxygens (including phenoxy) is 2. The molecule has 1 N–H and O–H groups in total. The molecule has 1 amide bonds. The van der Waals surface area contributed by atoms with Gasteiger partial charge in [-0.05, 0) is 57.7 Å². The number of Topliss-reactive ketones (excluding diaryl/α,β-unsaturated/α-hetero) is 1. The molecule has 32 heavy (non-hydrogen) atoms. The molecule has 0 spiro atoms. The molecule has 0 unspecified atom stereocenters. The van der Waals surface area contributed by atoms with Gasteiger partial charge in [0.15, 0.2) is 11.5 Å². The number of likely N-dealkylation sites (tertiary alicyclic amines) is 1. The van der Waals surface area contributed by atoms with Gasteiger partial charge in [0.05, 0.1) is 25.8 Å². The van der Waals surface area contributed by atoms with Gasteiger partial charge < -0.3 is 24.4 Å². The Kier molecular flexibility index (Phi) is 7.20. The van der Waals surface area contributed by atoms with E-state index in [1.165, 1.54) is 14.2 Å². The molecular weight excluding hydrogens is 408 g/mol. The van der Waals surface area contributed by atoms with Crippen LogP contribution in [0.1, 0.15) is 29.2 Å². The fourth-order valence-corrected chi connectivity index (χ4v) is 3.90. The number of aliphatic hydroxyl groups is 1. The van der Waals surface area contributed by atoms with E-state index in [4.69, 9.17) is 9.47 Å². The average Bonchev–Trinajstić information content (AvgIpc) is 3.03. The number of methoxy groups -OCH3 is 2. The summed E-state index contributed by atoms with van der Waals surface area (Å²) >= 11 is 0. The molecule has 1 aliphatic heterocycles. The Morgan fingerprint density at radius 2 is 1.69 bits per heavy atom. The average molecular weight is 439 g/mol. The van der Waals surface area contributed by atoms with E-state index in [-0.39, 0.29) is 11.3 Å². The molecule has 1 aliphatic rings. The molecule has 1 heterocycles. The lowest BCUT2D eigenvalue weighted by molar-refractivity contribution is -0.139. The molecule has 3 rings (SSSR count). The molecule has 0 aliphatic carbocycles. The normalized spacial score (nSPS) is 17.8. The number of rotatable bonds is 8. The first-order valence-corrected chi connectivity index (χ1v) is 10.5. The van der Waals surface area contributed by atoms with Crippen LogP contribution in [0.3, 0.4) is 0 Å². The fraction of sp³-hybridized carbons (Fsp3) is 0.360. The predicted molar refractivity (Wildman–Crippen MR) is 123 cm³/mol. The van der Waals surface area contributed by atoms with Crippen LogP contribution in [0, 0.1) is 6.92 Å². The lowest BCUT2D eigenvalue weighted by Gasteiger charge is -2.26. The molecule has 1 atom stereocenters. The van der Waals surface area contributed by atoms with Crippen molar-refractivity contribution in [3.05, 3.63) is 64.7 Å². The molecule has 1 saturated heterocycles. The Morgan fingerprint density at radius 3 is 2.28 bits per heavy atom. The number of hydrogen-bond acceptors (Lipinski definition) is 6. The molecule has 7 nitrogen and oxygen atoms in total. The van der Waals surface area contributed by atoms with E-state index in [9.17, 15) is 14.7 Å². The summed E-state index contributed by atoms with van der Waals surface area (Å²) < 4.78 is 10.6. The van der Waals surface area contributed by atoms with Crippen molar-refractivity contribution in [1.82, 2.24) is 9.80 Å². The molecule has 1 fully saturated rings. The maximum Gasteiger partial charge on any atom is 0.295 e. The lowest BCUT2D eigenvalue weighted by Crippen LogP contribution is -2.32. The zero-order chi connectivity index (χ0) is 23.4. The molecule has 170 valence electrons. The molecule has 7 heteroatoms. The first kappa shape index (κ1) is 23.3. The Labute approximate surface area is 188 Å². The third-order valence-electron chi connectivity index (χ3n) is 5.59. The Hall–Kier alpha value is -3.32. The Bertz CT molecular complexity index is 1030. The minimum absolute atomic E-state index is 0.0796. The van der Waals surface area contributed by atoms with Gasteiger partial charge in [0.25, 0.3) is 11.7 Å². The van der Waals surface area contributed by atoms with Crippen LogP contribution in [-0.4, -0.2) is 68.0 Å². The number of benzene rings is 2. The highest BCUT2D eigenvalue weighted by atomic mass is 16.5. The standard InChI is InChI=1S/C25H30N2O5/c1-16-7-9-17(10-8-16)22-21(24(29)25(30)27(22)14-6-13-26(2)3)23(28)18-11-12-19(31-4)20(15-18)32-5/h7-12,15,22,28H,6,13-14H2,1-5H3/t22-/m0/s1. The number of nitrogens with zero attached hydrogens (tertiary/aromatic N) is 2. The maximum absolute atomic E-state index is 13.1. The summed E-state index contributed by atoms with van der Waals surface area (Å²) in [6.07, 6.45) is 0.707. The van der Waals surface area contributed by atoms with Crippen molar-refractivity contribution in [2.75, 3.05) is 41.4 Å². The van der Waals surface area contributed by atoms with Crippen LogP contribution >= 0.6 is 0 Å². The summed E-state index contributed by atoms with van der Waals surface area (Å²) in [5.41, 5.74) is 2.31. The van der Waals surface area contributed by atoms with E-state index in [0.29, 0.717) is 30.0 Å². The predicted octanol–water partition coefficient (Wildman–Crippen LogP) is 3.39. The monoisotopic (exact) mass is 438 g/mol. The zero-order valence-corrected chi connectivity index (χ0v) is 19.2. The van der Waals surface area contributed by atoms with Crippen molar-refractivity contribution in [3.63, 3.8) is 0 Å². The molecule has 0 saturated carbocycles. The SMILES string of the molecule is COc1ccc(C(O)=C2C(=O)C(=O)N(CCCN(C)C)[C@H]2c2ccc(C)cc2)cc1OC. The highest BCUT2D eigenvalue weighted by molar-refractivity contribution is 6.46. The van der Waals surface area contributed by atoms with E-state index >= 15 is 0 Å². The second-order valence-corrected chi connectivity index (χ2v) is 8.13. The quantitative estimate of drug-likeness (QED) is 0.387. The third kappa shape index (κ3) is 4.62. The highest BCUT2D eigenvalue weighted by Crippen LogP contribution is 2.40. The molecule has 2 aromatic rings. The van der Waals surface area contributed by atoms with Crippen molar-refractivity contribution >= 4 is 17.4 Å². The topological polar surface area (TPSA) is 79.3 Å². The summed E-state index contributed by atoms with van der Waals surface area (Å²) in [5, 5.41) is 11.2. The summed E-state index contributed by atoms with van der Waals surface area (Å²) in [6.45, 7) is 3.16. The van der Waals surface area contributed by atoms with Crippen LogP contribution in [0.2, 0.25) is 0 Å². The summed E-state index contributed by atoms with van der Waals surface area (Å²) in [7, 11) is 6.94. The van der Waals surface area contributed by atoms with Gasteiger partial charge in [0.2, 0.25) is 0 Å². The van der Waals surface area contributed by atoms with E-state index in [1.807, 2.05) is 50.2 Å². The van der Waals surface area contributed by atoms with Gasteiger partial charge in [-0.25, -0.2) is 0 Å². The number of hydrogen-bond donors (Lipinski definition) is 1. The Morgan fingerprint density at radius 1 is 1.03 bits per heavy atom. The van der Waals surface area contributed by atoms with Gasteiger partial charge in [0, 0.05) is 12.1 Å². The molecule has 0 radical (unpaired) electrons. The lowest BCUT2D eigenvalue weighted by atomic mass is 9.94. The minimum Gasteiger partial charge on any atom is -0.507 e. The zero-order valence-electron chi connectivity index (χ0n) is 19.2. The van der Waals surface area contributed by atoms with Crippen molar-refractivity contribution < 1.29 is 24.2 Å². The molecular formula is C25H30N2O5. The second-order valence-electron chi connectivity index (χ2n) is 8.13. The van der Waals surface area contributed by atoms with Crippen LogP contribution in [0.25, 0.3) is 5.76 Å². The number of aryl methyl sites for hydroxylation is 1. The largest absolute Gasteiger partial charge is 0.507 e. The van der Waals surface area contributed by atoms with Crippen molar-refractivity contribution in [2.45, 2.75) is 19.4 Å². The van der Waals surface area contributed by atoms with Gasteiger partial charge in [-0.3, -0.25) is 9.59 Å². The smallest absolute Gasteiger partial charge is 0.295 e.